The predicted molar refractivity (Wildman–Crippen MR) is 86.1 cm³/mol. The van der Waals surface area contributed by atoms with Crippen molar-refractivity contribution < 1.29 is 14.3 Å². The lowest BCUT2D eigenvalue weighted by Gasteiger charge is -2.23. The lowest BCUT2D eigenvalue weighted by molar-refractivity contribution is 0.194. The van der Waals surface area contributed by atoms with Crippen LogP contribution < -0.4 is 14.8 Å². The van der Waals surface area contributed by atoms with Crippen LogP contribution in [0.3, 0.4) is 0 Å². The molecule has 0 atom stereocenters. The van der Waals surface area contributed by atoms with E-state index in [2.05, 4.69) is 31.8 Å². The fourth-order valence-corrected chi connectivity index (χ4v) is 2.68. The number of hydrogen-bond acceptors (Lipinski definition) is 4. The Morgan fingerprint density at radius 3 is 2.38 bits per heavy atom. The van der Waals surface area contributed by atoms with Crippen molar-refractivity contribution in [1.82, 2.24) is 5.32 Å². The summed E-state index contributed by atoms with van der Waals surface area (Å²) in [6, 6.07) is 7.07. The maximum atomic E-state index is 11.9. The first-order valence-electron chi connectivity index (χ1n) is 7.42. The fourth-order valence-electron chi connectivity index (χ4n) is 2.27. The number of rotatable bonds is 5. The highest BCUT2D eigenvalue weighted by Crippen LogP contribution is 2.32. The molecule has 0 unspecified atom stereocenters. The third-order valence-corrected chi connectivity index (χ3v) is 3.94. The molecule has 4 nitrogen and oxygen atoms in total. The Labute approximate surface area is 131 Å². The standard InChI is InChI=1S/C16H23NO3S/c1-12(2)11-19-13-5-7-14(8-6-13)20-15(18)17-16(21)9-3-4-10-16/h5-8,12,21H,3-4,9-11H2,1-2H3,(H,17,18). The van der Waals surface area contributed by atoms with Crippen LogP contribution in [0.15, 0.2) is 24.3 Å². The Morgan fingerprint density at radius 1 is 1.24 bits per heavy atom. The zero-order chi connectivity index (χ0) is 15.3. The number of carbonyl (C=O) groups excluding carboxylic acids is 1. The summed E-state index contributed by atoms with van der Waals surface area (Å²) in [5.74, 6) is 1.75. The predicted octanol–water partition coefficient (Wildman–Crippen LogP) is 4.01. The normalized spacial score (nSPS) is 16.8. The molecule has 116 valence electrons. The van der Waals surface area contributed by atoms with Crippen LogP contribution in [0.25, 0.3) is 0 Å². The van der Waals surface area contributed by atoms with Crippen LogP contribution >= 0.6 is 12.6 Å². The van der Waals surface area contributed by atoms with E-state index < -0.39 is 11.0 Å². The second-order valence-corrected chi connectivity index (χ2v) is 6.79. The van der Waals surface area contributed by atoms with Gasteiger partial charge in [0.15, 0.2) is 0 Å². The molecule has 0 aromatic heterocycles. The fraction of sp³-hybridized carbons (Fsp3) is 0.562. The summed E-state index contributed by atoms with van der Waals surface area (Å²) in [6.07, 6.45) is 3.49. The molecule has 1 aliphatic carbocycles. The minimum Gasteiger partial charge on any atom is -0.493 e. The average Bonchev–Trinajstić information content (AvgIpc) is 2.84. The highest BCUT2D eigenvalue weighted by atomic mass is 32.1. The minimum atomic E-state index is -0.456. The monoisotopic (exact) mass is 309 g/mol. The van der Waals surface area contributed by atoms with E-state index in [-0.39, 0.29) is 0 Å². The Hall–Kier alpha value is -1.36. The first-order valence-corrected chi connectivity index (χ1v) is 7.87. The molecule has 0 saturated heterocycles. The van der Waals surface area contributed by atoms with E-state index in [1.807, 2.05) is 0 Å². The number of hydrogen-bond donors (Lipinski definition) is 2. The zero-order valence-electron chi connectivity index (χ0n) is 12.6. The number of amides is 1. The summed E-state index contributed by atoms with van der Waals surface area (Å²) in [5.41, 5.74) is 0. The van der Waals surface area contributed by atoms with Crippen LogP contribution in [-0.4, -0.2) is 17.6 Å². The van der Waals surface area contributed by atoms with Gasteiger partial charge in [-0.2, -0.15) is 12.6 Å². The summed E-state index contributed by atoms with van der Waals surface area (Å²) in [7, 11) is 0. The molecule has 1 amide bonds. The van der Waals surface area contributed by atoms with Crippen molar-refractivity contribution in [2.75, 3.05) is 6.61 Å². The molecule has 1 aliphatic rings. The Bertz CT molecular complexity index is 467. The summed E-state index contributed by atoms with van der Waals surface area (Å²) < 4.78 is 10.9. The van der Waals surface area contributed by atoms with Gasteiger partial charge >= 0.3 is 6.09 Å². The Morgan fingerprint density at radius 2 is 1.81 bits per heavy atom. The quantitative estimate of drug-likeness (QED) is 0.638. The van der Waals surface area contributed by atoms with Crippen LogP contribution in [0.5, 0.6) is 11.5 Å². The first-order chi connectivity index (χ1) is 9.97. The molecule has 1 fully saturated rings. The van der Waals surface area contributed by atoms with Gasteiger partial charge in [-0.25, -0.2) is 4.79 Å². The van der Waals surface area contributed by atoms with Crippen LogP contribution in [0.1, 0.15) is 39.5 Å². The van der Waals surface area contributed by atoms with E-state index in [9.17, 15) is 4.79 Å². The molecule has 1 aromatic carbocycles. The number of benzene rings is 1. The number of ether oxygens (including phenoxy) is 2. The molecule has 1 saturated carbocycles. The van der Waals surface area contributed by atoms with Gasteiger partial charge in [-0.1, -0.05) is 26.7 Å². The molecule has 0 radical (unpaired) electrons. The molecular weight excluding hydrogens is 286 g/mol. The van der Waals surface area contributed by atoms with Crippen LogP contribution in [-0.2, 0) is 0 Å². The topological polar surface area (TPSA) is 47.6 Å². The summed E-state index contributed by atoms with van der Waals surface area (Å²) in [6.45, 7) is 4.86. The van der Waals surface area contributed by atoms with Crippen molar-refractivity contribution in [2.24, 2.45) is 5.92 Å². The SMILES string of the molecule is CC(C)COc1ccc(OC(=O)NC2(S)CCCC2)cc1. The van der Waals surface area contributed by atoms with E-state index in [0.717, 1.165) is 31.4 Å². The van der Waals surface area contributed by atoms with Gasteiger partial charge in [-0.15, -0.1) is 0 Å². The van der Waals surface area contributed by atoms with Crippen molar-refractivity contribution in [3.05, 3.63) is 24.3 Å². The average molecular weight is 309 g/mol. The zero-order valence-corrected chi connectivity index (χ0v) is 13.5. The van der Waals surface area contributed by atoms with Crippen molar-refractivity contribution in [1.29, 1.82) is 0 Å². The van der Waals surface area contributed by atoms with Gasteiger partial charge in [0.05, 0.1) is 11.5 Å². The smallest absolute Gasteiger partial charge is 0.413 e. The molecule has 0 heterocycles. The summed E-state index contributed by atoms with van der Waals surface area (Å²) >= 11 is 4.52. The lowest BCUT2D eigenvalue weighted by Crippen LogP contribution is -2.43. The largest absolute Gasteiger partial charge is 0.493 e. The summed E-state index contributed by atoms with van der Waals surface area (Å²) in [4.78, 5) is 11.4. The third kappa shape index (κ3) is 5.16. The maximum Gasteiger partial charge on any atom is 0.413 e. The molecule has 0 aliphatic heterocycles. The molecule has 1 N–H and O–H groups in total. The van der Waals surface area contributed by atoms with Gasteiger partial charge in [0, 0.05) is 0 Å². The second-order valence-electron chi connectivity index (χ2n) is 5.93. The highest BCUT2D eigenvalue weighted by Gasteiger charge is 2.31. The third-order valence-electron chi connectivity index (χ3n) is 3.38. The van der Waals surface area contributed by atoms with Gasteiger partial charge in [0.25, 0.3) is 0 Å². The van der Waals surface area contributed by atoms with E-state index in [0.29, 0.717) is 18.3 Å². The lowest BCUT2D eigenvalue weighted by atomic mass is 10.2. The van der Waals surface area contributed by atoms with Crippen LogP contribution in [0.4, 0.5) is 4.79 Å². The number of thiol groups is 1. The van der Waals surface area contributed by atoms with Gasteiger partial charge < -0.3 is 14.8 Å². The van der Waals surface area contributed by atoms with Crippen molar-refractivity contribution in [3.8, 4) is 11.5 Å². The highest BCUT2D eigenvalue weighted by molar-refractivity contribution is 7.81. The van der Waals surface area contributed by atoms with E-state index >= 15 is 0 Å². The molecule has 0 spiro atoms. The Kier molecular flexibility index (Phi) is 5.39. The molecule has 2 rings (SSSR count). The number of nitrogens with one attached hydrogen (secondary N) is 1. The van der Waals surface area contributed by atoms with Gasteiger partial charge in [0.1, 0.15) is 11.5 Å². The second kappa shape index (κ2) is 7.07. The van der Waals surface area contributed by atoms with Gasteiger partial charge in [0.2, 0.25) is 0 Å². The molecule has 21 heavy (non-hydrogen) atoms. The maximum absolute atomic E-state index is 11.9. The van der Waals surface area contributed by atoms with E-state index in [1.54, 1.807) is 24.3 Å². The van der Waals surface area contributed by atoms with Gasteiger partial charge in [-0.05, 0) is 43.0 Å². The Balaban J connectivity index is 1.83. The van der Waals surface area contributed by atoms with Crippen LogP contribution in [0, 0.1) is 5.92 Å². The minimum absolute atomic E-state index is 0.419. The van der Waals surface area contributed by atoms with Gasteiger partial charge in [-0.3, -0.25) is 0 Å². The first kappa shape index (κ1) is 16.0. The molecule has 1 aromatic rings. The van der Waals surface area contributed by atoms with Crippen molar-refractivity contribution in [2.45, 2.75) is 44.4 Å². The van der Waals surface area contributed by atoms with Crippen molar-refractivity contribution in [3.63, 3.8) is 0 Å². The van der Waals surface area contributed by atoms with Crippen LogP contribution in [0.2, 0.25) is 0 Å². The van der Waals surface area contributed by atoms with E-state index in [4.69, 9.17) is 9.47 Å². The molecule has 5 heteroatoms. The number of carbonyl (C=O) groups is 1. The van der Waals surface area contributed by atoms with E-state index in [1.165, 1.54) is 0 Å². The van der Waals surface area contributed by atoms with Crippen molar-refractivity contribution >= 4 is 18.7 Å². The molecular formula is C16H23NO3S. The molecule has 0 bridgehead atoms. The summed E-state index contributed by atoms with van der Waals surface area (Å²) in [5, 5.41) is 2.83.